The molecule has 11 heavy (non-hydrogen) atoms. The highest BCUT2D eigenvalue weighted by atomic mass is 35.5. The monoisotopic (exact) mass is 179 g/mol. The van der Waals surface area contributed by atoms with E-state index in [1.165, 1.54) is 32.4 Å². The van der Waals surface area contributed by atoms with E-state index in [2.05, 4.69) is 16.9 Å². The maximum atomic E-state index is 9.12. The Kier molecular flexibility index (Phi) is 7.62. The molecule has 1 saturated heterocycles. The molecule has 0 unspecified atom stereocenters. The van der Waals surface area contributed by atoms with Gasteiger partial charge in [0.15, 0.2) is 0 Å². The zero-order valence-electron chi connectivity index (χ0n) is 6.51. The summed E-state index contributed by atoms with van der Waals surface area (Å²) in [4.78, 5) is 9.12. The molecular weight excluding hydrogens is 166 g/mol. The van der Waals surface area contributed by atoms with Crippen LogP contribution in [0, 0.1) is 0 Å². The van der Waals surface area contributed by atoms with Gasteiger partial charge in [0.05, 0.1) is 24.9 Å². The van der Waals surface area contributed by atoms with Gasteiger partial charge in [-0.05, 0) is 19.3 Å². The van der Waals surface area contributed by atoms with Crippen LogP contribution in [0.2, 0.25) is 0 Å². The number of carbonyl (C=O) groups is 1. The summed E-state index contributed by atoms with van der Waals surface area (Å²) in [5.41, 5.74) is 0. The molecule has 1 heterocycles. The van der Waals surface area contributed by atoms with Gasteiger partial charge in [-0.1, -0.05) is 0 Å². The summed E-state index contributed by atoms with van der Waals surface area (Å²) in [6.07, 6.45) is 4.36. The van der Waals surface area contributed by atoms with Crippen molar-refractivity contribution < 1.29 is 15.2 Å². The number of carboxylic acids is 1. The number of carboxylic acid groups (broad SMARTS) is 1. The first-order chi connectivity index (χ1) is 5.27. The van der Waals surface area contributed by atoms with Crippen molar-refractivity contribution in [3.63, 3.8) is 0 Å². The number of carbonyl (C=O) groups excluding carboxylic acids is 1. The number of hydrogen-bond acceptors (Lipinski definition) is 2. The first kappa shape index (κ1) is 10.7. The molecule has 1 aliphatic rings. The van der Waals surface area contributed by atoms with Crippen LogP contribution in [-0.2, 0) is 4.79 Å². The van der Waals surface area contributed by atoms with E-state index in [1.807, 2.05) is 0 Å². The normalized spacial score (nSPS) is 16.5. The number of aliphatic carboxylic acids is 1. The third-order valence-corrected chi connectivity index (χ3v) is 1.64. The molecule has 0 atom stereocenters. The van der Waals surface area contributed by atoms with E-state index in [1.54, 1.807) is 0 Å². The molecule has 66 valence electrons. The highest BCUT2D eigenvalue weighted by Gasteiger charge is 1.97. The fraction of sp³-hybridized carbons (Fsp3) is 0.857. The summed E-state index contributed by atoms with van der Waals surface area (Å²) in [6, 6.07) is 0. The zero-order chi connectivity index (χ0) is 8.53. The average molecular weight is 180 g/mol. The van der Waals surface area contributed by atoms with Gasteiger partial charge in [-0.3, -0.25) is 0 Å². The minimum absolute atomic E-state index is 0.417. The number of alkyl halides is 1. The molecule has 1 aliphatic heterocycles. The van der Waals surface area contributed by atoms with Crippen molar-refractivity contribution in [2.24, 2.45) is 0 Å². The molecular formula is C7H14ClNO2. The van der Waals surface area contributed by atoms with Gasteiger partial charge in [-0.2, -0.15) is 0 Å². The van der Waals surface area contributed by atoms with Crippen molar-refractivity contribution >= 4 is 17.6 Å². The van der Waals surface area contributed by atoms with Gasteiger partial charge in [0, 0.05) is 0 Å². The maximum absolute atomic E-state index is 9.12. The van der Waals surface area contributed by atoms with Crippen molar-refractivity contribution in [1.29, 1.82) is 0 Å². The molecule has 0 aromatic carbocycles. The number of quaternary nitrogens is 1. The molecule has 0 aromatic rings. The molecule has 1 fully saturated rings. The first-order valence-electron chi connectivity index (χ1n) is 3.85. The summed E-state index contributed by atoms with van der Waals surface area (Å²) in [5.74, 6) is -1.65. The molecule has 0 spiro atoms. The third-order valence-electron chi connectivity index (χ3n) is 1.43. The molecule has 1 rings (SSSR count). The number of piperidine rings is 1. The number of hydrogen-bond donors (Lipinski definition) is 1. The van der Waals surface area contributed by atoms with Gasteiger partial charge < -0.3 is 15.2 Å². The zero-order valence-corrected chi connectivity index (χ0v) is 7.27. The second-order valence-corrected chi connectivity index (χ2v) is 2.70. The van der Waals surface area contributed by atoms with E-state index in [-0.39, 0.29) is 0 Å². The van der Waals surface area contributed by atoms with Gasteiger partial charge >= 0.3 is 0 Å². The topological polar surface area (TPSA) is 56.7 Å². The standard InChI is InChI=1S/C5H11N.C2H3ClO2/c1-2-4-6-5-3-1;3-1-2(4)5/h6H,1-5H2;1H2,(H,4,5). The lowest BCUT2D eigenvalue weighted by Crippen LogP contribution is -2.85. The van der Waals surface area contributed by atoms with Crippen LogP contribution in [0.1, 0.15) is 19.3 Å². The predicted molar refractivity (Wildman–Crippen MR) is 41.2 cm³/mol. The Morgan fingerprint density at radius 2 is 1.82 bits per heavy atom. The SMILES string of the molecule is C1CC[NH2+]CC1.O=C([O-])CCl. The quantitative estimate of drug-likeness (QED) is 0.510. The Hall–Kier alpha value is -0.280. The first-order valence-corrected chi connectivity index (χ1v) is 4.38. The van der Waals surface area contributed by atoms with Crippen LogP contribution in [0.25, 0.3) is 0 Å². The van der Waals surface area contributed by atoms with E-state index >= 15 is 0 Å². The van der Waals surface area contributed by atoms with Gasteiger partial charge in [0.1, 0.15) is 0 Å². The molecule has 4 heteroatoms. The van der Waals surface area contributed by atoms with Gasteiger partial charge in [-0.15, -0.1) is 11.6 Å². The van der Waals surface area contributed by atoms with Gasteiger partial charge in [-0.25, -0.2) is 0 Å². The Bertz CT molecular complexity index is 93.1. The van der Waals surface area contributed by atoms with E-state index in [0.29, 0.717) is 0 Å². The third kappa shape index (κ3) is 9.72. The summed E-state index contributed by atoms with van der Waals surface area (Å²) in [5, 5.41) is 11.5. The van der Waals surface area contributed by atoms with E-state index < -0.39 is 11.8 Å². The second kappa shape index (κ2) is 7.82. The van der Waals surface area contributed by atoms with Crippen LogP contribution in [-0.4, -0.2) is 24.9 Å². The van der Waals surface area contributed by atoms with Crippen LogP contribution in [0.5, 0.6) is 0 Å². The van der Waals surface area contributed by atoms with Gasteiger partial charge in [0.2, 0.25) is 0 Å². The second-order valence-electron chi connectivity index (χ2n) is 2.43. The van der Waals surface area contributed by atoms with Crippen LogP contribution in [0.3, 0.4) is 0 Å². The smallest absolute Gasteiger partial charge is 0.0755 e. The lowest BCUT2D eigenvalue weighted by molar-refractivity contribution is -0.662. The largest absolute Gasteiger partial charge is 0.549 e. The Balaban J connectivity index is 0.000000187. The highest BCUT2D eigenvalue weighted by Crippen LogP contribution is 1.91. The molecule has 3 nitrogen and oxygen atoms in total. The summed E-state index contributed by atoms with van der Waals surface area (Å²) in [7, 11) is 0. The molecule has 0 saturated carbocycles. The summed E-state index contributed by atoms with van der Waals surface area (Å²) < 4.78 is 0. The fourth-order valence-electron chi connectivity index (χ4n) is 0.898. The van der Waals surface area contributed by atoms with Gasteiger partial charge in [0.25, 0.3) is 0 Å². The highest BCUT2D eigenvalue weighted by molar-refractivity contribution is 6.25. The lowest BCUT2D eigenvalue weighted by atomic mass is 10.2. The minimum atomic E-state index is -1.23. The fourth-order valence-corrected chi connectivity index (χ4v) is 0.898. The van der Waals surface area contributed by atoms with E-state index in [0.717, 1.165) is 0 Å². The van der Waals surface area contributed by atoms with Crippen LogP contribution >= 0.6 is 11.6 Å². The Morgan fingerprint density at radius 1 is 1.36 bits per heavy atom. The number of halogens is 1. The molecule has 0 bridgehead atoms. The molecule has 0 aliphatic carbocycles. The minimum Gasteiger partial charge on any atom is -0.549 e. The molecule has 0 radical (unpaired) electrons. The maximum Gasteiger partial charge on any atom is 0.0755 e. The van der Waals surface area contributed by atoms with Crippen LogP contribution < -0.4 is 10.4 Å². The van der Waals surface area contributed by atoms with Crippen molar-refractivity contribution in [2.75, 3.05) is 19.0 Å². The average Bonchev–Trinajstić information content (AvgIpc) is 2.09. The molecule has 2 N–H and O–H groups in total. The Labute approximate surface area is 71.7 Å². The van der Waals surface area contributed by atoms with Crippen LogP contribution in [0.4, 0.5) is 0 Å². The summed E-state index contributed by atoms with van der Waals surface area (Å²) >= 11 is 4.67. The molecule has 0 aromatic heterocycles. The van der Waals surface area contributed by atoms with Crippen LogP contribution in [0.15, 0.2) is 0 Å². The lowest BCUT2D eigenvalue weighted by Gasteiger charge is -2.05. The van der Waals surface area contributed by atoms with Crippen molar-refractivity contribution in [3.8, 4) is 0 Å². The number of nitrogens with two attached hydrogens (primary N) is 1. The van der Waals surface area contributed by atoms with Crippen molar-refractivity contribution in [2.45, 2.75) is 19.3 Å². The van der Waals surface area contributed by atoms with Crippen molar-refractivity contribution in [3.05, 3.63) is 0 Å². The van der Waals surface area contributed by atoms with Crippen molar-refractivity contribution in [1.82, 2.24) is 0 Å². The van der Waals surface area contributed by atoms with E-state index in [9.17, 15) is 0 Å². The molecule has 0 amide bonds. The predicted octanol–water partition coefficient (Wildman–Crippen LogP) is -1.29. The summed E-state index contributed by atoms with van der Waals surface area (Å²) in [6.45, 7) is 2.75. The Morgan fingerprint density at radius 3 is 1.91 bits per heavy atom. The van der Waals surface area contributed by atoms with E-state index in [4.69, 9.17) is 9.90 Å². The number of rotatable bonds is 1.